The van der Waals surface area contributed by atoms with Crippen molar-refractivity contribution in [3.63, 3.8) is 0 Å². The van der Waals surface area contributed by atoms with Crippen molar-refractivity contribution in [2.45, 2.75) is 46.7 Å². The van der Waals surface area contributed by atoms with Crippen molar-refractivity contribution >= 4 is 29.0 Å². The van der Waals surface area contributed by atoms with E-state index in [1.165, 1.54) is 0 Å². The molecule has 0 atom stereocenters. The Morgan fingerprint density at radius 2 is 1.73 bits per heavy atom. The van der Waals surface area contributed by atoms with Crippen LogP contribution in [0.1, 0.15) is 41.3 Å². The van der Waals surface area contributed by atoms with Gasteiger partial charge in [0.2, 0.25) is 5.91 Å². The minimum Gasteiger partial charge on any atom is -0.332 e. The Labute approximate surface area is 201 Å². The Morgan fingerprint density at radius 1 is 0.939 bits per heavy atom. The van der Waals surface area contributed by atoms with E-state index in [0.29, 0.717) is 19.6 Å². The standard InChI is InChI=1S/C27H33N3O2S/c1-4-5-15-29(27(32)28-25-14-13-21(2)17-22(25)3)20-26(31)30(19-24-12-9-16-33-24)18-23-10-7-6-8-11-23/h6-14,16-17H,4-5,15,18-20H2,1-3H3,(H,28,32). The fraction of sp³-hybridized carbons (Fsp3) is 0.333. The van der Waals surface area contributed by atoms with E-state index in [2.05, 4.69) is 12.2 Å². The number of carbonyl (C=O) groups excluding carboxylic acids is 2. The van der Waals surface area contributed by atoms with Gasteiger partial charge >= 0.3 is 6.03 Å². The van der Waals surface area contributed by atoms with E-state index in [9.17, 15) is 9.59 Å². The molecular weight excluding hydrogens is 430 g/mol. The number of aryl methyl sites for hydroxylation is 2. The molecule has 0 fully saturated rings. The predicted octanol–water partition coefficient (Wildman–Crippen LogP) is 6.23. The number of nitrogens with zero attached hydrogens (tertiary/aromatic N) is 2. The van der Waals surface area contributed by atoms with Crippen LogP contribution in [0.5, 0.6) is 0 Å². The summed E-state index contributed by atoms with van der Waals surface area (Å²) >= 11 is 1.64. The van der Waals surface area contributed by atoms with Gasteiger partial charge in [0.05, 0.1) is 6.54 Å². The first-order valence-corrected chi connectivity index (χ1v) is 12.3. The van der Waals surface area contributed by atoms with Gasteiger partial charge < -0.3 is 15.1 Å². The number of rotatable bonds is 10. The lowest BCUT2D eigenvalue weighted by atomic mass is 10.1. The number of thiophene rings is 1. The maximum absolute atomic E-state index is 13.4. The summed E-state index contributed by atoms with van der Waals surface area (Å²) in [6.07, 6.45) is 1.79. The molecule has 0 aliphatic rings. The third kappa shape index (κ3) is 7.46. The molecule has 174 valence electrons. The average molecular weight is 464 g/mol. The molecule has 3 amide bonds. The minimum absolute atomic E-state index is 0.0505. The van der Waals surface area contributed by atoms with Crippen molar-refractivity contribution in [1.29, 1.82) is 0 Å². The molecule has 1 heterocycles. The first-order valence-electron chi connectivity index (χ1n) is 11.4. The van der Waals surface area contributed by atoms with E-state index in [4.69, 9.17) is 0 Å². The molecule has 6 heteroatoms. The Balaban J connectivity index is 1.74. The second-order valence-corrected chi connectivity index (χ2v) is 9.37. The monoisotopic (exact) mass is 463 g/mol. The molecule has 1 N–H and O–H groups in total. The van der Waals surface area contributed by atoms with Gasteiger partial charge in [0, 0.05) is 23.7 Å². The maximum Gasteiger partial charge on any atom is 0.322 e. The molecule has 0 aliphatic carbocycles. The molecule has 3 aromatic rings. The van der Waals surface area contributed by atoms with Crippen LogP contribution in [0.15, 0.2) is 66.0 Å². The number of hydrogen-bond acceptors (Lipinski definition) is 3. The largest absolute Gasteiger partial charge is 0.332 e. The van der Waals surface area contributed by atoms with E-state index < -0.39 is 0 Å². The quantitative estimate of drug-likeness (QED) is 0.388. The van der Waals surface area contributed by atoms with Crippen LogP contribution in [-0.4, -0.2) is 34.8 Å². The Kier molecular flexibility index (Phi) is 9.07. The molecule has 5 nitrogen and oxygen atoms in total. The SMILES string of the molecule is CCCCN(CC(=O)N(Cc1ccccc1)Cc1cccs1)C(=O)Nc1ccc(C)cc1C. The smallest absolute Gasteiger partial charge is 0.322 e. The summed E-state index contributed by atoms with van der Waals surface area (Å²) in [5.74, 6) is -0.0564. The number of nitrogens with one attached hydrogen (secondary N) is 1. The van der Waals surface area contributed by atoms with Gasteiger partial charge in [-0.05, 0) is 48.9 Å². The second kappa shape index (κ2) is 12.2. The van der Waals surface area contributed by atoms with Crippen LogP contribution in [0.25, 0.3) is 0 Å². The fourth-order valence-electron chi connectivity index (χ4n) is 3.64. The van der Waals surface area contributed by atoms with Crippen molar-refractivity contribution in [3.05, 3.63) is 87.6 Å². The van der Waals surface area contributed by atoms with E-state index in [1.807, 2.05) is 84.8 Å². The van der Waals surface area contributed by atoms with Crippen molar-refractivity contribution in [2.24, 2.45) is 0 Å². The lowest BCUT2D eigenvalue weighted by Crippen LogP contribution is -2.44. The fourth-order valence-corrected chi connectivity index (χ4v) is 4.36. The molecule has 0 bridgehead atoms. The van der Waals surface area contributed by atoms with Crippen molar-refractivity contribution < 1.29 is 9.59 Å². The molecular formula is C27H33N3O2S. The van der Waals surface area contributed by atoms with Crippen molar-refractivity contribution in [1.82, 2.24) is 9.80 Å². The number of urea groups is 1. The summed E-state index contributed by atoms with van der Waals surface area (Å²) in [7, 11) is 0. The van der Waals surface area contributed by atoms with Gasteiger partial charge in [-0.3, -0.25) is 4.79 Å². The molecule has 0 spiro atoms. The zero-order valence-electron chi connectivity index (χ0n) is 19.7. The number of unbranched alkanes of at least 4 members (excludes halogenated alkanes) is 1. The zero-order chi connectivity index (χ0) is 23.6. The summed E-state index contributed by atoms with van der Waals surface area (Å²) in [6.45, 7) is 7.72. The molecule has 1 aromatic heterocycles. The van der Waals surface area contributed by atoms with E-state index in [-0.39, 0.29) is 18.5 Å². The van der Waals surface area contributed by atoms with Gasteiger partial charge in [0.15, 0.2) is 0 Å². The van der Waals surface area contributed by atoms with Crippen LogP contribution in [0.3, 0.4) is 0 Å². The summed E-state index contributed by atoms with van der Waals surface area (Å²) in [5, 5.41) is 5.02. The molecule has 0 radical (unpaired) electrons. The highest BCUT2D eigenvalue weighted by Crippen LogP contribution is 2.18. The number of anilines is 1. The highest BCUT2D eigenvalue weighted by atomic mass is 32.1. The van der Waals surface area contributed by atoms with Crippen LogP contribution in [0, 0.1) is 13.8 Å². The third-order valence-electron chi connectivity index (χ3n) is 5.51. The van der Waals surface area contributed by atoms with Crippen LogP contribution in [0.2, 0.25) is 0 Å². The van der Waals surface area contributed by atoms with Gasteiger partial charge in [-0.15, -0.1) is 11.3 Å². The third-order valence-corrected chi connectivity index (χ3v) is 6.38. The lowest BCUT2D eigenvalue weighted by molar-refractivity contribution is -0.133. The van der Waals surface area contributed by atoms with Gasteiger partial charge in [-0.2, -0.15) is 0 Å². The summed E-state index contributed by atoms with van der Waals surface area (Å²) in [5.41, 5.74) is 4.00. The summed E-state index contributed by atoms with van der Waals surface area (Å²) in [4.78, 5) is 31.2. The van der Waals surface area contributed by atoms with Gasteiger partial charge in [-0.25, -0.2) is 4.79 Å². The lowest BCUT2D eigenvalue weighted by Gasteiger charge is -2.28. The summed E-state index contributed by atoms with van der Waals surface area (Å²) in [6, 6.07) is 19.7. The van der Waals surface area contributed by atoms with Gasteiger partial charge in [-0.1, -0.05) is 67.4 Å². The van der Waals surface area contributed by atoms with E-state index >= 15 is 0 Å². The molecule has 0 aliphatic heterocycles. The highest BCUT2D eigenvalue weighted by Gasteiger charge is 2.22. The molecule has 33 heavy (non-hydrogen) atoms. The Morgan fingerprint density at radius 3 is 2.39 bits per heavy atom. The Bertz CT molecular complexity index is 1030. The molecule has 0 saturated heterocycles. The van der Waals surface area contributed by atoms with Crippen LogP contribution in [0.4, 0.5) is 10.5 Å². The number of carbonyl (C=O) groups is 2. The molecule has 0 unspecified atom stereocenters. The number of benzene rings is 2. The second-order valence-electron chi connectivity index (χ2n) is 8.34. The molecule has 0 saturated carbocycles. The molecule has 3 rings (SSSR count). The van der Waals surface area contributed by atoms with Crippen LogP contribution >= 0.6 is 11.3 Å². The highest BCUT2D eigenvalue weighted by molar-refractivity contribution is 7.09. The summed E-state index contributed by atoms with van der Waals surface area (Å²) < 4.78 is 0. The van der Waals surface area contributed by atoms with Crippen molar-refractivity contribution in [2.75, 3.05) is 18.4 Å². The van der Waals surface area contributed by atoms with Gasteiger partial charge in [0.25, 0.3) is 0 Å². The normalized spacial score (nSPS) is 10.6. The first kappa shape index (κ1) is 24.5. The maximum atomic E-state index is 13.4. The number of hydrogen-bond donors (Lipinski definition) is 1. The Hall–Kier alpha value is -3.12. The van der Waals surface area contributed by atoms with Crippen LogP contribution < -0.4 is 5.32 Å². The van der Waals surface area contributed by atoms with E-state index in [0.717, 1.165) is 40.1 Å². The number of amides is 3. The average Bonchev–Trinajstić information content (AvgIpc) is 3.31. The zero-order valence-corrected chi connectivity index (χ0v) is 20.5. The van der Waals surface area contributed by atoms with Crippen molar-refractivity contribution in [3.8, 4) is 0 Å². The molecule has 2 aromatic carbocycles. The van der Waals surface area contributed by atoms with Gasteiger partial charge in [0.1, 0.15) is 6.54 Å². The first-order chi connectivity index (χ1) is 16.0. The minimum atomic E-state index is -0.237. The predicted molar refractivity (Wildman–Crippen MR) is 136 cm³/mol. The topological polar surface area (TPSA) is 52.7 Å². The van der Waals surface area contributed by atoms with Crippen LogP contribution in [-0.2, 0) is 17.9 Å². The van der Waals surface area contributed by atoms with E-state index in [1.54, 1.807) is 16.2 Å².